The number of hydrogen-bond acceptors (Lipinski definition) is 4. The van der Waals surface area contributed by atoms with Crippen molar-refractivity contribution in [3.8, 4) is 0 Å². The van der Waals surface area contributed by atoms with Gasteiger partial charge in [-0.15, -0.1) is 0 Å². The lowest BCUT2D eigenvalue weighted by molar-refractivity contribution is -0.137. The number of nitrogens with one attached hydrogen (secondary N) is 2. The molecule has 3 amide bonds. The van der Waals surface area contributed by atoms with E-state index < -0.39 is 29.5 Å². The Morgan fingerprint density at radius 3 is 2.30 bits per heavy atom. The van der Waals surface area contributed by atoms with Crippen molar-refractivity contribution in [2.75, 3.05) is 15.5 Å². The summed E-state index contributed by atoms with van der Waals surface area (Å²) in [6, 6.07) is 13.0. The quantitative estimate of drug-likeness (QED) is 0.325. The second kappa shape index (κ2) is 10.1. The van der Waals surface area contributed by atoms with Gasteiger partial charge < -0.3 is 10.6 Å². The molecule has 12 heteroatoms. The molecule has 0 radical (unpaired) electrons. The molecule has 0 saturated heterocycles. The van der Waals surface area contributed by atoms with Gasteiger partial charge in [0.1, 0.15) is 10.7 Å². The number of amides is 3. The summed E-state index contributed by atoms with van der Waals surface area (Å²) in [4.78, 5) is 39.4. The number of nitrogens with zero attached hydrogens (tertiary/aromatic N) is 1. The van der Waals surface area contributed by atoms with E-state index in [2.05, 4.69) is 10.6 Å². The number of alkyl halides is 3. The van der Waals surface area contributed by atoms with Crippen LogP contribution in [0.25, 0.3) is 0 Å². The van der Waals surface area contributed by atoms with Crippen LogP contribution in [0, 0.1) is 6.92 Å². The number of imide groups is 1. The Hall–Kier alpha value is -3.53. The van der Waals surface area contributed by atoms with Gasteiger partial charge in [-0.1, -0.05) is 46.9 Å². The topological polar surface area (TPSA) is 78.5 Å². The smallest absolute Gasteiger partial charge is 0.349 e. The normalized spacial score (nSPS) is 13.9. The molecule has 0 saturated carbocycles. The Balaban J connectivity index is 1.59. The summed E-state index contributed by atoms with van der Waals surface area (Å²) in [5.41, 5.74) is -0.294. The SMILES string of the molecule is Cc1ccc(C(=O)Nc2cc(C(F)(F)F)ccc2Cl)cc1NC1=C(Cl)C(=O)N(c2cccc(Cl)c2)C1=O. The Kier molecular flexibility index (Phi) is 7.23. The van der Waals surface area contributed by atoms with Crippen LogP contribution in [0.5, 0.6) is 0 Å². The van der Waals surface area contributed by atoms with Crippen LogP contribution in [0.15, 0.2) is 71.4 Å². The average molecular weight is 569 g/mol. The molecule has 0 aliphatic carbocycles. The molecular formula is C25H15Cl3F3N3O3. The van der Waals surface area contributed by atoms with Crippen molar-refractivity contribution in [2.24, 2.45) is 0 Å². The van der Waals surface area contributed by atoms with Crippen molar-refractivity contribution in [1.82, 2.24) is 0 Å². The van der Waals surface area contributed by atoms with Crippen LogP contribution in [-0.2, 0) is 15.8 Å². The number of halogens is 6. The van der Waals surface area contributed by atoms with Gasteiger partial charge in [0.2, 0.25) is 0 Å². The molecule has 4 rings (SSSR count). The van der Waals surface area contributed by atoms with Gasteiger partial charge in [0.25, 0.3) is 17.7 Å². The lowest BCUT2D eigenvalue weighted by atomic mass is 10.1. The zero-order valence-electron chi connectivity index (χ0n) is 18.7. The van der Waals surface area contributed by atoms with Crippen LogP contribution in [-0.4, -0.2) is 17.7 Å². The zero-order valence-corrected chi connectivity index (χ0v) is 21.0. The summed E-state index contributed by atoms with van der Waals surface area (Å²) >= 11 is 18.1. The van der Waals surface area contributed by atoms with E-state index in [0.29, 0.717) is 10.6 Å². The highest BCUT2D eigenvalue weighted by atomic mass is 35.5. The first-order valence-corrected chi connectivity index (χ1v) is 11.6. The predicted molar refractivity (Wildman–Crippen MR) is 136 cm³/mol. The minimum absolute atomic E-state index is 0.0433. The second-order valence-electron chi connectivity index (χ2n) is 7.92. The van der Waals surface area contributed by atoms with E-state index in [-0.39, 0.29) is 38.4 Å². The van der Waals surface area contributed by atoms with Crippen LogP contribution < -0.4 is 15.5 Å². The molecule has 190 valence electrons. The summed E-state index contributed by atoms with van der Waals surface area (Å²) in [6.45, 7) is 1.68. The average Bonchev–Trinajstić information content (AvgIpc) is 3.04. The van der Waals surface area contributed by atoms with Gasteiger partial charge in [0, 0.05) is 16.3 Å². The standard InChI is InChI=1S/C25H15Cl3F3N3O3/c1-12-5-6-13(22(35)33-19-10-14(25(29,30)31)7-8-17(19)27)9-18(12)32-21-20(28)23(36)34(24(21)37)16-4-2-3-15(26)11-16/h2-11,32H,1H3,(H,33,35). The van der Waals surface area contributed by atoms with Gasteiger partial charge in [-0.3, -0.25) is 14.4 Å². The minimum atomic E-state index is -4.62. The Bertz CT molecular complexity index is 1490. The van der Waals surface area contributed by atoms with E-state index in [1.807, 2.05) is 0 Å². The lowest BCUT2D eigenvalue weighted by Gasteiger charge is -2.16. The number of benzene rings is 3. The highest BCUT2D eigenvalue weighted by molar-refractivity contribution is 6.53. The van der Waals surface area contributed by atoms with Crippen molar-refractivity contribution in [3.05, 3.63) is 98.1 Å². The molecule has 6 nitrogen and oxygen atoms in total. The highest BCUT2D eigenvalue weighted by Crippen LogP contribution is 2.35. The van der Waals surface area contributed by atoms with Gasteiger partial charge in [-0.05, 0) is 61.0 Å². The molecule has 0 fully saturated rings. The highest BCUT2D eigenvalue weighted by Gasteiger charge is 2.39. The van der Waals surface area contributed by atoms with Crippen molar-refractivity contribution in [2.45, 2.75) is 13.1 Å². The van der Waals surface area contributed by atoms with Gasteiger partial charge in [-0.2, -0.15) is 13.2 Å². The first-order valence-electron chi connectivity index (χ1n) is 10.5. The fourth-order valence-corrected chi connectivity index (χ4v) is 4.05. The summed E-state index contributed by atoms with van der Waals surface area (Å²) in [5.74, 6) is -2.25. The molecule has 1 aliphatic rings. The molecule has 0 spiro atoms. The first kappa shape index (κ1) is 26.5. The van der Waals surface area contributed by atoms with Crippen molar-refractivity contribution in [3.63, 3.8) is 0 Å². The van der Waals surface area contributed by atoms with E-state index in [0.717, 1.165) is 23.1 Å². The van der Waals surface area contributed by atoms with Crippen LogP contribution in [0.3, 0.4) is 0 Å². The maximum absolute atomic E-state index is 13.1. The van der Waals surface area contributed by atoms with Crippen LogP contribution >= 0.6 is 34.8 Å². The van der Waals surface area contributed by atoms with Crippen LogP contribution in [0.2, 0.25) is 10.0 Å². The van der Waals surface area contributed by atoms with E-state index in [9.17, 15) is 27.6 Å². The van der Waals surface area contributed by atoms with E-state index >= 15 is 0 Å². The zero-order chi connectivity index (χ0) is 27.1. The number of hydrogen-bond donors (Lipinski definition) is 2. The summed E-state index contributed by atoms with van der Waals surface area (Å²) in [5, 5.41) is 5.02. The van der Waals surface area contributed by atoms with E-state index in [1.54, 1.807) is 25.1 Å². The second-order valence-corrected chi connectivity index (χ2v) is 9.14. The third kappa shape index (κ3) is 5.44. The van der Waals surface area contributed by atoms with Crippen molar-refractivity contribution < 1.29 is 27.6 Å². The largest absolute Gasteiger partial charge is 0.416 e. The predicted octanol–water partition coefficient (Wildman–Crippen LogP) is 7.01. The number of rotatable bonds is 5. The molecule has 1 heterocycles. The monoisotopic (exact) mass is 567 g/mol. The van der Waals surface area contributed by atoms with E-state index in [4.69, 9.17) is 34.8 Å². The van der Waals surface area contributed by atoms with Crippen molar-refractivity contribution >= 4 is 69.6 Å². The molecular weight excluding hydrogens is 554 g/mol. The van der Waals surface area contributed by atoms with E-state index in [1.165, 1.54) is 24.3 Å². The molecule has 2 N–H and O–H groups in total. The van der Waals surface area contributed by atoms with Gasteiger partial charge in [-0.25, -0.2) is 4.90 Å². The van der Waals surface area contributed by atoms with Crippen LogP contribution in [0.1, 0.15) is 21.5 Å². The summed E-state index contributed by atoms with van der Waals surface area (Å²) in [7, 11) is 0. The summed E-state index contributed by atoms with van der Waals surface area (Å²) in [6.07, 6.45) is -4.62. The first-order chi connectivity index (χ1) is 17.4. The summed E-state index contributed by atoms with van der Waals surface area (Å²) < 4.78 is 39.2. The maximum Gasteiger partial charge on any atom is 0.416 e. The lowest BCUT2D eigenvalue weighted by Crippen LogP contribution is -2.32. The maximum atomic E-state index is 13.1. The molecule has 3 aromatic carbocycles. The Labute approximate surface area is 223 Å². The van der Waals surface area contributed by atoms with Gasteiger partial charge >= 0.3 is 6.18 Å². The third-order valence-electron chi connectivity index (χ3n) is 5.40. The number of carbonyl (C=O) groups is 3. The molecule has 0 atom stereocenters. The van der Waals surface area contributed by atoms with Gasteiger partial charge in [0.05, 0.1) is 22.0 Å². The van der Waals surface area contributed by atoms with Gasteiger partial charge in [0.15, 0.2) is 0 Å². The van der Waals surface area contributed by atoms with Crippen molar-refractivity contribution in [1.29, 1.82) is 0 Å². The molecule has 3 aromatic rings. The molecule has 1 aliphatic heterocycles. The fourth-order valence-electron chi connectivity index (χ4n) is 3.49. The Morgan fingerprint density at radius 1 is 0.892 bits per heavy atom. The molecule has 0 aromatic heterocycles. The molecule has 0 bridgehead atoms. The Morgan fingerprint density at radius 2 is 1.62 bits per heavy atom. The minimum Gasteiger partial charge on any atom is -0.349 e. The molecule has 37 heavy (non-hydrogen) atoms. The number of anilines is 3. The molecule has 0 unspecified atom stereocenters. The third-order valence-corrected chi connectivity index (χ3v) is 6.31. The number of aryl methyl sites for hydroxylation is 1. The van der Waals surface area contributed by atoms with Crippen LogP contribution in [0.4, 0.5) is 30.2 Å². The fraction of sp³-hybridized carbons (Fsp3) is 0.0800. The number of carbonyl (C=O) groups excluding carboxylic acids is 3.